The summed E-state index contributed by atoms with van der Waals surface area (Å²) in [5, 5.41) is 3.22. The molecule has 0 aromatic carbocycles. The monoisotopic (exact) mass is 275 g/mol. The molecule has 0 aliphatic heterocycles. The minimum absolute atomic E-state index is 0.467. The lowest BCUT2D eigenvalue weighted by molar-refractivity contribution is 0.260. The van der Waals surface area contributed by atoms with Crippen LogP contribution in [0.25, 0.3) is 0 Å². The summed E-state index contributed by atoms with van der Waals surface area (Å²) in [6.45, 7) is 7.49. The van der Waals surface area contributed by atoms with Gasteiger partial charge in [-0.1, -0.05) is 20.8 Å². The highest BCUT2D eigenvalue weighted by molar-refractivity contribution is 5.38. The first kappa shape index (κ1) is 14.4. The van der Waals surface area contributed by atoms with Crippen molar-refractivity contribution in [2.24, 2.45) is 5.92 Å². The van der Waals surface area contributed by atoms with Gasteiger partial charge in [0.05, 0.1) is 19.4 Å². The Kier molecular flexibility index (Phi) is 4.98. The molecule has 2 aromatic rings. The summed E-state index contributed by atoms with van der Waals surface area (Å²) in [4.78, 5) is 8.81. The van der Waals surface area contributed by atoms with Crippen molar-refractivity contribution in [3.63, 3.8) is 0 Å². The van der Waals surface area contributed by atoms with Crippen LogP contribution < -0.4 is 10.1 Å². The van der Waals surface area contributed by atoms with Gasteiger partial charge in [-0.25, -0.2) is 4.98 Å². The minimum atomic E-state index is 0.467. The molecule has 5 heteroatoms. The van der Waals surface area contributed by atoms with Crippen LogP contribution in [0.2, 0.25) is 0 Å². The SMILES string of the molecule is CCc1nc(NCc2ccco2)cc(OCC(C)C)n1. The minimum Gasteiger partial charge on any atom is -0.477 e. The average Bonchev–Trinajstić information content (AvgIpc) is 2.96. The van der Waals surface area contributed by atoms with Gasteiger partial charge in [0.1, 0.15) is 17.4 Å². The van der Waals surface area contributed by atoms with E-state index in [1.165, 1.54) is 0 Å². The van der Waals surface area contributed by atoms with Crippen LogP contribution >= 0.6 is 0 Å². The van der Waals surface area contributed by atoms with E-state index < -0.39 is 0 Å². The van der Waals surface area contributed by atoms with Crippen LogP contribution in [0, 0.1) is 5.92 Å². The van der Waals surface area contributed by atoms with Crippen molar-refractivity contribution in [2.45, 2.75) is 33.7 Å². The van der Waals surface area contributed by atoms with Crippen molar-refractivity contribution < 1.29 is 9.15 Å². The molecule has 0 spiro atoms. The first-order valence-electron chi connectivity index (χ1n) is 6.94. The molecule has 2 aromatic heterocycles. The number of aryl methyl sites for hydroxylation is 1. The maximum absolute atomic E-state index is 5.67. The summed E-state index contributed by atoms with van der Waals surface area (Å²) >= 11 is 0. The van der Waals surface area contributed by atoms with Gasteiger partial charge >= 0.3 is 0 Å². The molecule has 0 saturated carbocycles. The fraction of sp³-hybridized carbons (Fsp3) is 0.467. The second kappa shape index (κ2) is 6.93. The van der Waals surface area contributed by atoms with Crippen LogP contribution in [-0.4, -0.2) is 16.6 Å². The van der Waals surface area contributed by atoms with Gasteiger partial charge in [0.15, 0.2) is 0 Å². The van der Waals surface area contributed by atoms with Gasteiger partial charge in [-0.2, -0.15) is 4.98 Å². The Labute approximate surface area is 119 Å². The van der Waals surface area contributed by atoms with Crippen molar-refractivity contribution in [2.75, 3.05) is 11.9 Å². The van der Waals surface area contributed by atoms with Crippen LogP contribution in [-0.2, 0) is 13.0 Å². The normalized spacial score (nSPS) is 10.8. The van der Waals surface area contributed by atoms with E-state index in [4.69, 9.17) is 9.15 Å². The van der Waals surface area contributed by atoms with E-state index in [0.29, 0.717) is 24.9 Å². The van der Waals surface area contributed by atoms with Crippen molar-refractivity contribution in [3.8, 4) is 5.88 Å². The number of anilines is 1. The van der Waals surface area contributed by atoms with Crippen molar-refractivity contribution >= 4 is 5.82 Å². The lowest BCUT2D eigenvalue weighted by Gasteiger charge is -2.11. The smallest absolute Gasteiger partial charge is 0.218 e. The Morgan fingerprint density at radius 1 is 1.35 bits per heavy atom. The molecule has 0 amide bonds. The van der Waals surface area contributed by atoms with Gasteiger partial charge in [-0.15, -0.1) is 0 Å². The van der Waals surface area contributed by atoms with E-state index in [1.807, 2.05) is 25.1 Å². The van der Waals surface area contributed by atoms with Crippen LogP contribution in [0.1, 0.15) is 32.4 Å². The summed E-state index contributed by atoms with van der Waals surface area (Å²) < 4.78 is 11.0. The predicted octanol–water partition coefficient (Wildman–Crippen LogP) is 3.28. The molecule has 0 atom stereocenters. The molecule has 5 nitrogen and oxygen atoms in total. The molecule has 0 saturated heterocycles. The van der Waals surface area contributed by atoms with Gasteiger partial charge in [0, 0.05) is 12.5 Å². The highest BCUT2D eigenvalue weighted by Crippen LogP contribution is 2.16. The van der Waals surface area contributed by atoms with E-state index in [2.05, 4.69) is 29.1 Å². The second-order valence-electron chi connectivity index (χ2n) is 5.00. The second-order valence-corrected chi connectivity index (χ2v) is 5.00. The number of nitrogens with zero attached hydrogens (tertiary/aromatic N) is 2. The number of aromatic nitrogens is 2. The van der Waals surface area contributed by atoms with Crippen LogP contribution in [0.3, 0.4) is 0 Å². The Bertz CT molecular complexity index is 524. The molecular weight excluding hydrogens is 254 g/mol. The van der Waals surface area contributed by atoms with E-state index in [9.17, 15) is 0 Å². The summed E-state index contributed by atoms with van der Waals surface area (Å²) in [6.07, 6.45) is 2.43. The first-order chi connectivity index (χ1) is 9.67. The molecule has 20 heavy (non-hydrogen) atoms. The molecule has 0 fully saturated rings. The third-order valence-corrected chi connectivity index (χ3v) is 2.65. The summed E-state index contributed by atoms with van der Waals surface area (Å²) in [5.74, 6) is 3.48. The Hall–Kier alpha value is -2.04. The number of nitrogens with one attached hydrogen (secondary N) is 1. The topological polar surface area (TPSA) is 60.2 Å². The molecule has 0 aliphatic carbocycles. The largest absolute Gasteiger partial charge is 0.477 e. The van der Waals surface area contributed by atoms with Gasteiger partial charge in [-0.3, -0.25) is 0 Å². The lowest BCUT2D eigenvalue weighted by atomic mass is 10.2. The van der Waals surface area contributed by atoms with Gasteiger partial charge in [0.25, 0.3) is 0 Å². The molecule has 0 aliphatic rings. The van der Waals surface area contributed by atoms with Crippen molar-refractivity contribution in [1.29, 1.82) is 0 Å². The number of hydrogen-bond acceptors (Lipinski definition) is 5. The molecule has 2 rings (SSSR count). The van der Waals surface area contributed by atoms with E-state index in [0.717, 1.165) is 23.8 Å². The maximum atomic E-state index is 5.67. The zero-order valence-electron chi connectivity index (χ0n) is 12.2. The molecule has 2 heterocycles. The summed E-state index contributed by atoms with van der Waals surface area (Å²) in [7, 11) is 0. The average molecular weight is 275 g/mol. The molecule has 108 valence electrons. The van der Waals surface area contributed by atoms with Gasteiger partial charge in [-0.05, 0) is 18.1 Å². The fourth-order valence-corrected chi connectivity index (χ4v) is 1.64. The fourth-order valence-electron chi connectivity index (χ4n) is 1.64. The Balaban J connectivity index is 2.04. The molecular formula is C15H21N3O2. The lowest BCUT2D eigenvalue weighted by Crippen LogP contribution is -2.09. The maximum Gasteiger partial charge on any atom is 0.218 e. The number of hydrogen-bond donors (Lipinski definition) is 1. The van der Waals surface area contributed by atoms with Crippen LogP contribution in [0.4, 0.5) is 5.82 Å². The van der Waals surface area contributed by atoms with Gasteiger partial charge in [0.2, 0.25) is 5.88 Å². The molecule has 0 unspecified atom stereocenters. The quantitative estimate of drug-likeness (QED) is 0.840. The van der Waals surface area contributed by atoms with Crippen molar-refractivity contribution in [3.05, 3.63) is 36.0 Å². The predicted molar refractivity (Wildman–Crippen MR) is 77.8 cm³/mol. The molecule has 1 N–H and O–H groups in total. The zero-order valence-corrected chi connectivity index (χ0v) is 12.2. The van der Waals surface area contributed by atoms with Crippen LogP contribution in [0.15, 0.2) is 28.9 Å². The van der Waals surface area contributed by atoms with E-state index >= 15 is 0 Å². The Morgan fingerprint density at radius 2 is 2.20 bits per heavy atom. The van der Waals surface area contributed by atoms with Crippen molar-refractivity contribution in [1.82, 2.24) is 9.97 Å². The third kappa shape index (κ3) is 4.26. The van der Waals surface area contributed by atoms with Crippen LogP contribution in [0.5, 0.6) is 5.88 Å². The highest BCUT2D eigenvalue weighted by Gasteiger charge is 2.06. The summed E-state index contributed by atoms with van der Waals surface area (Å²) in [5.41, 5.74) is 0. The van der Waals surface area contributed by atoms with Gasteiger partial charge < -0.3 is 14.5 Å². The zero-order chi connectivity index (χ0) is 14.4. The van der Waals surface area contributed by atoms with E-state index in [-0.39, 0.29) is 0 Å². The van der Waals surface area contributed by atoms with E-state index in [1.54, 1.807) is 6.26 Å². The molecule has 0 bridgehead atoms. The standard InChI is InChI=1S/C15H21N3O2/c1-4-13-17-14(16-9-12-6-5-7-19-12)8-15(18-13)20-10-11(2)3/h5-8,11H,4,9-10H2,1-3H3,(H,16,17,18). The molecule has 0 radical (unpaired) electrons. The highest BCUT2D eigenvalue weighted by atomic mass is 16.5. The number of ether oxygens (including phenoxy) is 1. The Morgan fingerprint density at radius 3 is 2.85 bits per heavy atom. The first-order valence-corrected chi connectivity index (χ1v) is 6.94. The number of furan rings is 1. The summed E-state index contributed by atoms with van der Waals surface area (Å²) in [6, 6.07) is 5.61. The third-order valence-electron chi connectivity index (χ3n) is 2.65. The number of rotatable bonds is 7.